The zero-order chi connectivity index (χ0) is 69.2. The van der Waals surface area contributed by atoms with Crippen molar-refractivity contribution in [3.63, 3.8) is 0 Å². The molecule has 9 heteroatoms. The summed E-state index contributed by atoms with van der Waals surface area (Å²) in [5.74, 6) is -0.148. The molecule has 7 atom stereocenters. The highest BCUT2D eigenvalue weighted by Crippen LogP contribution is 2.24. The summed E-state index contributed by atoms with van der Waals surface area (Å²) in [4.78, 5) is 13.2. The normalized spacial score (nSPS) is 18.1. The van der Waals surface area contributed by atoms with E-state index in [9.17, 15) is 30.3 Å². The van der Waals surface area contributed by atoms with Gasteiger partial charge in [-0.2, -0.15) is 0 Å². The molecule has 0 saturated carbocycles. The van der Waals surface area contributed by atoms with Gasteiger partial charge in [-0.1, -0.05) is 392 Å². The zero-order valence-electron chi connectivity index (χ0n) is 62.4. The number of unbranched alkanes of at least 4 members (excludes halogenated alkanes) is 41. The first-order valence-electron chi connectivity index (χ1n) is 40.7. The molecular weight excluding hydrogens is 1190 g/mol. The molecule has 554 valence electrons. The van der Waals surface area contributed by atoms with Gasteiger partial charge in [0.05, 0.1) is 25.4 Å². The maximum absolute atomic E-state index is 13.2. The summed E-state index contributed by atoms with van der Waals surface area (Å²) in [6.45, 7) is 3.76. The number of hydrogen-bond donors (Lipinski definition) is 6. The predicted octanol–water partition coefficient (Wildman–Crippen LogP) is 23.7. The van der Waals surface area contributed by atoms with Gasteiger partial charge in [0.1, 0.15) is 24.4 Å². The molecule has 96 heavy (non-hydrogen) atoms. The number of rotatable bonds is 71. The molecule has 9 nitrogen and oxygen atoms in total. The molecule has 0 bridgehead atoms. The second-order valence-electron chi connectivity index (χ2n) is 27.8. The Bertz CT molecular complexity index is 1950. The van der Waals surface area contributed by atoms with E-state index < -0.39 is 49.5 Å². The van der Waals surface area contributed by atoms with Crippen molar-refractivity contribution in [3.8, 4) is 0 Å². The molecule has 6 N–H and O–H groups in total. The van der Waals surface area contributed by atoms with Crippen molar-refractivity contribution in [1.82, 2.24) is 5.32 Å². The maximum atomic E-state index is 13.2. The highest BCUT2D eigenvalue weighted by atomic mass is 16.7. The van der Waals surface area contributed by atoms with Gasteiger partial charge in [0, 0.05) is 6.42 Å². The predicted molar refractivity (Wildman–Crippen MR) is 414 cm³/mol. The summed E-state index contributed by atoms with van der Waals surface area (Å²) in [6.07, 6.45) is 104. The number of amides is 1. The standard InChI is InChI=1S/C87H153NO8/c1-3-5-7-9-11-13-15-17-19-21-23-25-27-29-31-33-35-37-38-39-40-41-42-43-44-45-47-49-51-53-55-57-59-61-63-65-67-69-71-73-75-77-83(91)88-80(79-95-87-86(94)85(93)84(92)82(78-89)96-87)81(90)76-74-72-70-68-66-64-62-60-58-56-54-52-50-48-46-36-34-32-30-28-26-24-22-20-18-16-14-12-10-8-6-4-2/h5,7,11,13,17,19,23,25,29,31,35,37,39-40,42-43,45,47,51,53,80-82,84-87,89-90,92-94H,3-4,6,8-10,12,14-16,18,20-22,24,26-28,30,32-34,36,38,41,44,46,48-50,52,54-79H2,1-2H3,(H,88,91)/b7-5-,13-11-,19-17-,25-23-,31-29-,37-35-,40-39-,43-42-,47-45-,53-51-. The maximum Gasteiger partial charge on any atom is 0.220 e. The molecule has 1 aliphatic rings. The van der Waals surface area contributed by atoms with Crippen LogP contribution in [0, 0.1) is 0 Å². The Morgan fingerprint density at radius 2 is 0.646 bits per heavy atom. The van der Waals surface area contributed by atoms with Crippen LogP contribution in [-0.4, -0.2) is 87.5 Å². The Balaban J connectivity index is 2.09. The minimum atomic E-state index is -1.56. The average molecular weight is 1340 g/mol. The monoisotopic (exact) mass is 1340 g/mol. The third-order valence-corrected chi connectivity index (χ3v) is 18.8. The van der Waals surface area contributed by atoms with Crippen molar-refractivity contribution in [1.29, 1.82) is 0 Å². The Kier molecular flexibility index (Phi) is 70.1. The van der Waals surface area contributed by atoms with Crippen LogP contribution in [0.4, 0.5) is 0 Å². The van der Waals surface area contributed by atoms with E-state index in [0.29, 0.717) is 12.8 Å². The van der Waals surface area contributed by atoms with E-state index in [1.807, 2.05) is 0 Å². The van der Waals surface area contributed by atoms with Crippen LogP contribution in [0.2, 0.25) is 0 Å². The first kappa shape index (κ1) is 90.6. The third kappa shape index (κ3) is 61.7. The van der Waals surface area contributed by atoms with Gasteiger partial charge in [0.25, 0.3) is 0 Å². The molecule has 0 aromatic rings. The largest absolute Gasteiger partial charge is 0.394 e. The molecule has 1 aliphatic heterocycles. The third-order valence-electron chi connectivity index (χ3n) is 18.8. The van der Waals surface area contributed by atoms with E-state index in [1.54, 1.807) is 0 Å². The number of ether oxygens (including phenoxy) is 2. The van der Waals surface area contributed by atoms with Crippen molar-refractivity contribution in [2.75, 3.05) is 13.2 Å². The van der Waals surface area contributed by atoms with Gasteiger partial charge in [-0.05, 0) is 89.9 Å². The van der Waals surface area contributed by atoms with Crippen molar-refractivity contribution in [3.05, 3.63) is 122 Å². The van der Waals surface area contributed by atoms with E-state index in [1.165, 1.54) is 231 Å². The van der Waals surface area contributed by atoms with Crippen molar-refractivity contribution in [2.45, 2.75) is 410 Å². The molecule has 0 spiro atoms. The summed E-state index contributed by atoms with van der Waals surface area (Å²) in [7, 11) is 0. The highest BCUT2D eigenvalue weighted by molar-refractivity contribution is 5.76. The summed E-state index contributed by atoms with van der Waals surface area (Å²) in [5, 5.41) is 55.1. The molecule has 1 rings (SSSR count). The van der Waals surface area contributed by atoms with Crippen molar-refractivity contribution >= 4 is 5.91 Å². The lowest BCUT2D eigenvalue weighted by Gasteiger charge is -2.40. The van der Waals surface area contributed by atoms with Gasteiger partial charge >= 0.3 is 0 Å². The Hall–Kier alpha value is -3.41. The Morgan fingerprint density at radius 3 is 0.958 bits per heavy atom. The molecule has 7 unspecified atom stereocenters. The highest BCUT2D eigenvalue weighted by Gasteiger charge is 2.44. The average Bonchev–Trinajstić information content (AvgIpc) is 0.840. The van der Waals surface area contributed by atoms with E-state index in [0.717, 1.165) is 109 Å². The lowest BCUT2D eigenvalue weighted by Crippen LogP contribution is -2.60. The van der Waals surface area contributed by atoms with Gasteiger partial charge < -0.3 is 40.3 Å². The lowest BCUT2D eigenvalue weighted by molar-refractivity contribution is -0.302. The van der Waals surface area contributed by atoms with E-state index in [2.05, 4.69) is 141 Å². The van der Waals surface area contributed by atoms with Gasteiger partial charge in [0.2, 0.25) is 5.91 Å². The topological polar surface area (TPSA) is 149 Å². The summed E-state index contributed by atoms with van der Waals surface area (Å²) >= 11 is 0. The van der Waals surface area contributed by atoms with Crippen LogP contribution in [0.3, 0.4) is 0 Å². The van der Waals surface area contributed by atoms with E-state index >= 15 is 0 Å². The number of nitrogens with one attached hydrogen (secondary N) is 1. The minimum Gasteiger partial charge on any atom is -0.394 e. The first-order valence-corrected chi connectivity index (χ1v) is 40.7. The van der Waals surface area contributed by atoms with Gasteiger partial charge in [-0.3, -0.25) is 4.79 Å². The minimum absolute atomic E-state index is 0.144. The fraction of sp³-hybridized carbons (Fsp3) is 0.759. The SMILES string of the molecule is CC/C=C\C/C=C\C/C=C\C/C=C\C/C=C\C/C=C\C/C=C\C/C=C\C/C=C\C/C=C\CCCCCCCCCCCCC(=O)NC(COC1OC(CO)C(O)C(O)C1O)C(O)CCCCCCCCCCCCCCCCCCCCCCCCCCCCCCCCCC. The fourth-order valence-electron chi connectivity index (χ4n) is 12.5. The molecule has 0 aliphatic carbocycles. The van der Waals surface area contributed by atoms with Crippen LogP contribution in [0.1, 0.15) is 367 Å². The number of carbonyl (C=O) groups is 1. The first-order chi connectivity index (χ1) is 47.3. The van der Waals surface area contributed by atoms with E-state index in [4.69, 9.17) is 9.47 Å². The second kappa shape index (κ2) is 74.3. The molecular formula is C87H153NO8. The molecule has 0 radical (unpaired) electrons. The molecule has 1 saturated heterocycles. The van der Waals surface area contributed by atoms with Gasteiger partial charge in [-0.25, -0.2) is 0 Å². The molecule has 1 amide bonds. The Morgan fingerprint density at radius 1 is 0.365 bits per heavy atom. The van der Waals surface area contributed by atoms with Gasteiger partial charge in [-0.15, -0.1) is 0 Å². The van der Waals surface area contributed by atoms with E-state index in [-0.39, 0.29) is 12.5 Å². The van der Waals surface area contributed by atoms with Gasteiger partial charge in [0.15, 0.2) is 6.29 Å². The number of aliphatic hydroxyl groups excluding tert-OH is 5. The fourth-order valence-corrected chi connectivity index (χ4v) is 12.5. The number of hydrogen-bond acceptors (Lipinski definition) is 8. The van der Waals surface area contributed by atoms with Crippen LogP contribution in [0.25, 0.3) is 0 Å². The number of carbonyl (C=O) groups excluding carboxylic acids is 1. The lowest BCUT2D eigenvalue weighted by atomic mass is 9.99. The summed E-state index contributed by atoms with van der Waals surface area (Å²) in [5.41, 5.74) is 0. The molecule has 0 aromatic heterocycles. The summed E-state index contributed by atoms with van der Waals surface area (Å²) in [6, 6.07) is -0.732. The molecule has 0 aromatic carbocycles. The van der Waals surface area contributed by atoms with Crippen LogP contribution in [0.15, 0.2) is 122 Å². The Labute approximate surface area is 592 Å². The number of aliphatic hydroxyl groups is 5. The zero-order valence-corrected chi connectivity index (χ0v) is 62.4. The quantitative estimate of drug-likeness (QED) is 0.0261. The second-order valence-corrected chi connectivity index (χ2v) is 27.8. The van der Waals surface area contributed by atoms with Crippen LogP contribution < -0.4 is 5.32 Å². The molecule has 1 fully saturated rings. The van der Waals surface area contributed by atoms with Crippen LogP contribution in [-0.2, 0) is 14.3 Å². The van der Waals surface area contributed by atoms with Crippen LogP contribution >= 0.6 is 0 Å². The molecule has 1 heterocycles. The number of allylic oxidation sites excluding steroid dienone is 20. The van der Waals surface area contributed by atoms with Crippen LogP contribution in [0.5, 0.6) is 0 Å². The van der Waals surface area contributed by atoms with Crippen molar-refractivity contribution < 1.29 is 39.8 Å². The summed E-state index contributed by atoms with van der Waals surface area (Å²) < 4.78 is 11.4. The smallest absolute Gasteiger partial charge is 0.220 e. The van der Waals surface area contributed by atoms with Crippen molar-refractivity contribution in [2.24, 2.45) is 0 Å².